The maximum Gasteiger partial charge on any atom is 0.212 e. The van der Waals surface area contributed by atoms with Crippen molar-refractivity contribution in [3.63, 3.8) is 0 Å². The molecular formula is C9H17NO4S2. The summed E-state index contributed by atoms with van der Waals surface area (Å²) in [7, 11) is -6.81. The normalized spacial score (nSPS) is 43.8. The van der Waals surface area contributed by atoms with Gasteiger partial charge < -0.3 is 0 Å². The second-order valence-electron chi connectivity index (χ2n) is 5.18. The highest BCUT2D eigenvalue weighted by Crippen LogP contribution is 2.52. The molecule has 5 nitrogen and oxygen atoms in total. The number of fused-ring (bicyclic) bond motifs is 2. The second-order valence-corrected chi connectivity index (χ2v) is 9.16. The van der Waals surface area contributed by atoms with E-state index < -0.39 is 30.4 Å². The van der Waals surface area contributed by atoms with Gasteiger partial charge in [-0.15, -0.1) is 0 Å². The summed E-state index contributed by atoms with van der Waals surface area (Å²) in [5.41, 5.74) is 0. The van der Waals surface area contributed by atoms with Crippen LogP contribution in [0.25, 0.3) is 0 Å². The van der Waals surface area contributed by atoms with Crippen LogP contribution >= 0.6 is 0 Å². The Kier molecular flexibility index (Phi) is 2.64. The molecule has 5 atom stereocenters. The fourth-order valence-corrected chi connectivity index (χ4v) is 6.91. The summed E-state index contributed by atoms with van der Waals surface area (Å²) in [6, 6.07) is 0. The summed E-state index contributed by atoms with van der Waals surface area (Å²) in [5, 5.41) is 3.96. The van der Waals surface area contributed by atoms with Crippen LogP contribution in [0.5, 0.6) is 0 Å². The molecule has 0 saturated heterocycles. The lowest BCUT2D eigenvalue weighted by Crippen LogP contribution is -2.44. The topological polar surface area (TPSA) is 94.3 Å². The highest BCUT2D eigenvalue weighted by atomic mass is 32.2. The van der Waals surface area contributed by atoms with Crippen molar-refractivity contribution < 1.29 is 16.8 Å². The summed E-state index contributed by atoms with van der Waals surface area (Å²) in [6.07, 6.45) is 2.39. The van der Waals surface area contributed by atoms with Gasteiger partial charge in [0.05, 0.1) is 10.5 Å². The maximum atomic E-state index is 11.7. The smallest absolute Gasteiger partial charge is 0.212 e. The van der Waals surface area contributed by atoms with Gasteiger partial charge in [0.25, 0.3) is 0 Å². The molecule has 0 aromatic heterocycles. The van der Waals surface area contributed by atoms with E-state index in [1.54, 1.807) is 0 Å². The molecule has 2 fully saturated rings. The Bertz CT molecular complexity index is 496. The van der Waals surface area contributed by atoms with Crippen LogP contribution in [0.3, 0.4) is 0 Å². The summed E-state index contributed by atoms with van der Waals surface area (Å²) in [6.45, 7) is 1.90. The van der Waals surface area contributed by atoms with Crippen molar-refractivity contribution in [2.75, 3.05) is 6.26 Å². The van der Waals surface area contributed by atoms with Gasteiger partial charge in [-0.3, -0.25) is 0 Å². The van der Waals surface area contributed by atoms with E-state index in [1.807, 2.05) is 6.92 Å². The number of hydrogen-bond acceptors (Lipinski definition) is 4. The summed E-state index contributed by atoms with van der Waals surface area (Å²) in [5.74, 6) is -0.0592. The van der Waals surface area contributed by atoms with Gasteiger partial charge in [-0.05, 0) is 30.6 Å². The fourth-order valence-electron chi connectivity index (χ4n) is 3.59. The minimum Gasteiger partial charge on any atom is -0.229 e. The Balaban J connectivity index is 2.38. The molecule has 0 amide bonds. The second kappa shape index (κ2) is 3.43. The number of hydrogen-bond donors (Lipinski definition) is 1. The van der Waals surface area contributed by atoms with Gasteiger partial charge in [0.2, 0.25) is 10.0 Å². The first-order chi connectivity index (χ1) is 7.12. The Morgan fingerprint density at radius 2 is 1.69 bits per heavy atom. The van der Waals surface area contributed by atoms with Gasteiger partial charge in [0, 0.05) is 6.26 Å². The lowest BCUT2D eigenvalue weighted by Gasteiger charge is -2.31. The van der Waals surface area contributed by atoms with Gasteiger partial charge in [0.1, 0.15) is 0 Å². The van der Waals surface area contributed by atoms with E-state index in [1.165, 1.54) is 6.26 Å². The molecule has 0 aromatic carbocycles. The molecule has 7 heteroatoms. The standard InChI is InChI=1S/C9H17NO4S2/c1-5-6-3-7(9(5)15(2,11)12)8(4-6)16(10,13)14/h5-9H,3-4H2,1-2H3,(H2,10,13,14). The van der Waals surface area contributed by atoms with E-state index in [4.69, 9.17) is 5.14 Å². The van der Waals surface area contributed by atoms with Crippen LogP contribution in [0, 0.1) is 17.8 Å². The lowest BCUT2D eigenvalue weighted by atomic mass is 9.90. The quantitative estimate of drug-likeness (QED) is 0.745. The maximum absolute atomic E-state index is 11.7. The van der Waals surface area contributed by atoms with Gasteiger partial charge in [-0.25, -0.2) is 22.0 Å². The first kappa shape index (κ1) is 12.3. The van der Waals surface area contributed by atoms with Gasteiger partial charge in [0.15, 0.2) is 9.84 Å². The molecule has 16 heavy (non-hydrogen) atoms. The van der Waals surface area contributed by atoms with E-state index in [2.05, 4.69) is 0 Å². The van der Waals surface area contributed by atoms with Gasteiger partial charge >= 0.3 is 0 Å². The molecule has 5 unspecified atom stereocenters. The van der Waals surface area contributed by atoms with Crippen LogP contribution in [0.4, 0.5) is 0 Å². The summed E-state index contributed by atoms with van der Waals surface area (Å²) in [4.78, 5) is 0. The van der Waals surface area contributed by atoms with Crippen LogP contribution in [-0.4, -0.2) is 33.6 Å². The zero-order chi connectivity index (χ0) is 12.3. The number of primary sulfonamides is 1. The average molecular weight is 267 g/mol. The predicted octanol–water partition coefficient (Wildman–Crippen LogP) is -0.267. The van der Waals surface area contributed by atoms with Crippen LogP contribution in [0.1, 0.15) is 19.8 Å². The third-order valence-electron chi connectivity index (χ3n) is 4.19. The van der Waals surface area contributed by atoms with Crippen LogP contribution in [0.2, 0.25) is 0 Å². The van der Waals surface area contributed by atoms with Crippen molar-refractivity contribution in [1.29, 1.82) is 0 Å². The van der Waals surface area contributed by atoms with Crippen molar-refractivity contribution >= 4 is 19.9 Å². The van der Waals surface area contributed by atoms with Crippen molar-refractivity contribution in [3.05, 3.63) is 0 Å². The Hall–Kier alpha value is -0.140. The molecule has 0 radical (unpaired) electrons. The zero-order valence-corrected chi connectivity index (χ0v) is 11.0. The molecule has 0 aliphatic heterocycles. The van der Waals surface area contributed by atoms with Gasteiger partial charge in [-0.1, -0.05) is 6.92 Å². The number of rotatable bonds is 2. The average Bonchev–Trinajstić information content (AvgIpc) is 2.55. The summed E-state index contributed by atoms with van der Waals surface area (Å²) < 4.78 is 46.1. The molecule has 2 bridgehead atoms. The fraction of sp³-hybridized carbons (Fsp3) is 1.00. The minimum atomic E-state index is -3.61. The van der Waals surface area contributed by atoms with E-state index in [9.17, 15) is 16.8 Å². The highest BCUT2D eigenvalue weighted by molar-refractivity contribution is 7.91. The number of nitrogens with two attached hydrogens (primary N) is 1. The van der Waals surface area contributed by atoms with Crippen LogP contribution < -0.4 is 5.14 Å². The van der Waals surface area contributed by atoms with Crippen molar-refractivity contribution in [1.82, 2.24) is 0 Å². The van der Waals surface area contributed by atoms with Crippen molar-refractivity contribution in [2.45, 2.75) is 30.3 Å². The third kappa shape index (κ3) is 1.78. The molecule has 2 rings (SSSR count). The third-order valence-corrected chi connectivity index (χ3v) is 7.34. The molecule has 94 valence electrons. The lowest BCUT2D eigenvalue weighted by molar-refractivity contribution is 0.357. The van der Waals surface area contributed by atoms with E-state index in [0.717, 1.165) is 0 Å². The zero-order valence-electron chi connectivity index (χ0n) is 9.33. The van der Waals surface area contributed by atoms with Crippen LogP contribution in [0.15, 0.2) is 0 Å². The van der Waals surface area contributed by atoms with Crippen molar-refractivity contribution in [2.24, 2.45) is 22.9 Å². The molecule has 2 saturated carbocycles. The number of sulfone groups is 1. The summed E-state index contributed by atoms with van der Waals surface area (Å²) >= 11 is 0. The molecule has 2 aliphatic carbocycles. The van der Waals surface area contributed by atoms with Crippen LogP contribution in [-0.2, 0) is 19.9 Å². The first-order valence-electron chi connectivity index (χ1n) is 5.33. The highest BCUT2D eigenvalue weighted by Gasteiger charge is 2.57. The largest absolute Gasteiger partial charge is 0.229 e. The molecule has 2 N–H and O–H groups in total. The van der Waals surface area contributed by atoms with E-state index in [0.29, 0.717) is 12.8 Å². The Morgan fingerprint density at radius 3 is 2.06 bits per heavy atom. The number of sulfonamides is 1. The molecule has 0 aromatic rings. The molecule has 0 heterocycles. The van der Waals surface area contributed by atoms with E-state index in [-0.39, 0.29) is 17.8 Å². The SMILES string of the molecule is CC1C2CC(C1S(C)(=O)=O)C(S(N)(=O)=O)C2. The minimum absolute atomic E-state index is 0.0537. The first-order valence-corrected chi connectivity index (χ1v) is 8.89. The van der Waals surface area contributed by atoms with E-state index >= 15 is 0 Å². The molecule has 0 spiro atoms. The Morgan fingerprint density at radius 1 is 1.12 bits per heavy atom. The molecule has 2 aliphatic rings. The molecular weight excluding hydrogens is 250 g/mol. The predicted molar refractivity (Wildman–Crippen MR) is 60.9 cm³/mol. The monoisotopic (exact) mass is 267 g/mol. The van der Waals surface area contributed by atoms with Gasteiger partial charge in [-0.2, -0.15) is 0 Å². The Labute approximate surface area is 96.4 Å². The van der Waals surface area contributed by atoms with Crippen molar-refractivity contribution in [3.8, 4) is 0 Å².